The summed E-state index contributed by atoms with van der Waals surface area (Å²) in [7, 11) is 0. The third kappa shape index (κ3) is 9.32. The third-order valence-electron chi connectivity index (χ3n) is 17.4. The molecule has 6 aromatic heterocycles. The number of nitrogens with zero attached hydrogens (tertiary/aromatic N) is 11. The van der Waals surface area contributed by atoms with Crippen LogP contribution in [-0.2, 0) is 0 Å². The highest BCUT2D eigenvalue weighted by Gasteiger charge is 2.43. The number of imide groups is 5. The maximum absolute atomic E-state index is 13.9. The predicted octanol–water partition coefficient (Wildman–Crippen LogP) is 12.2. The number of hydrogen-bond acceptors (Lipinski definition) is 16. The average Bonchev–Trinajstić information content (AvgIpc) is 1.70. The van der Waals surface area contributed by atoms with Crippen LogP contribution >= 0.6 is 0 Å². The van der Waals surface area contributed by atoms with E-state index in [2.05, 4.69) is 29.9 Å². The molecule has 0 fully saturated rings. The molecule has 0 saturated carbocycles. The minimum absolute atomic E-state index is 0.250. The number of benzene rings is 7. The van der Waals surface area contributed by atoms with Gasteiger partial charge in [-0.2, -0.15) is 0 Å². The number of carbonyl (C=O) groups is 10. The fourth-order valence-corrected chi connectivity index (χ4v) is 12.8. The molecule has 18 rings (SSSR count). The standard InChI is InChI=1S/C32H16N4O4.C26H14N4O4.C18H11N3O2/c37-29-19-11-13-21-28-22(32(40)36(31(21)39)26-10-2-8-24-18(26)6-4-16-34-24)14-12-20(27(19)28)30(38)35(29)25-9-1-7-23-17(25)5-3-15-33-23;31-23-19-9-11-27-13-21(19)25(33)29(23)17-5-1-15(2-6-17)16-3-7-18(8-4-16)30-24(32)20-10-12-28-14-22(20)26(30)34;22-17-15-7-10-20-11-16(15)18(23)21(17)14-3-1-12(2-4-14)13-5-8-19-9-6-13/h1-16H;1-14H;1-11H. The number of anilines is 5. The minimum Gasteiger partial charge on any atom is -0.268 e. The normalized spacial score (nSPS) is 14.3. The van der Waals surface area contributed by atoms with Crippen LogP contribution < -0.4 is 24.5 Å². The Kier molecular flexibility index (Phi) is 13.7. The SMILES string of the molecule is O=C1c2ccc3c4c(ccc(c24)C(=O)N1c1cccc2ncccc12)C(=O)N(c1cccc2ncccc12)C3=O.O=C1c2ccncc2C(=O)N1c1ccc(-c2ccc(N3C(=O)c4ccncc4C3=O)cc2)cc1.O=C1c2ccncc2C(=O)N1c1ccc(-c2ccncc2)cc1. The van der Waals surface area contributed by atoms with Crippen LogP contribution in [0.4, 0.5) is 28.4 Å². The van der Waals surface area contributed by atoms with Crippen molar-refractivity contribution in [3.63, 3.8) is 0 Å². The van der Waals surface area contributed by atoms with Crippen LogP contribution in [0.5, 0.6) is 0 Å². The molecule has 13 aromatic rings. The van der Waals surface area contributed by atoms with Crippen LogP contribution in [0.25, 0.3) is 54.8 Å². The highest BCUT2D eigenvalue weighted by molar-refractivity contribution is 6.43. The summed E-state index contributed by atoms with van der Waals surface area (Å²) in [5, 5.41) is 1.96. The maximum atomic E-state index is 13.9. The molecule has 21 heteroatoms. The molecule has 0 bridgehead atoms. The zero-order valence-electron chi connectivity index (χ0n) is 50.2. The van der Waals surface area contributed by atoms with Gasteiger partial charge in [0.15, 0.2) is 0 Å². The van der Waals surface area contributed by atoms with Crippen molar-refractivity contribution in [1.29, 1.82) is 0 Å². The summed E-state index contributed by atoms with van der Waals surface area (Å²) >= 11 is 0. The topological polar surface area (TPSA) is 264 Å². The third-order valence-corrected chi connectivity index (χ3v) is 17.4. The summed E-state index contributed by atoms with van der Waals surface area (Å²) in [5.41, 5.74) is 10.3. The van der Waals surface area contributed by atoms with Crippen molar-refractivity contribution in [3.05, 3.63) is 306 Å². The second kappa shape index (κ2) is 22.9. The lowest BCUT2D eigenvalue weighted by molar-refractivity contribution is 0.0873. The van der Waals surface area contributed by atoms with Crippen LogP contribution in [0.1, 0.15) is 104 Å². The van der Waals surface area contributed by atoms with E-state index in [0.717, 1.165) is 41.9 Å². The minimum atomic E-state index is -0.528. The van der Waals surface area contributed by atoms with Gasteiger partial charge >= 0.3 is 0 Å². The quantitative estimate of drug-likeness (QED) is 0.134. The van der Waals surface area contributed by atoms with Gasteiger partial charge in [-0.05, 0) is 162 Å². The van der Waals surface area contributed by atoms with E-state index in [-0.39, 0.29) is 57.0 Å². The Labute approximate surface area is 547 Å². The summed E-state index contributed by atoms with van der Waals surface area (Å²) in [6, 6.07) is 53.7. The molecule has 0 aliphatic carbocycles. The smallest absolute Gasteiger partial charge is 0.267 e. The molecular weight excluding hydrogens is 1230 g/mol. The Morgan fingerprint density at radius 2 is 0.505 bits per heavy atom. The summed E-state index contributed by atoms with van der Waals surface area (Å²) in [5.74, 6) is -4.33. The first-order valence-corrected chi connectivity index (χ1v) is 30.1. The first kappa shape index (κ1) is 58.0. The van der Waals surface area contributed by atoms with E-state index in [4.69, 9.17) is 0 Å². The van der Waals surface area contributed by atoms with Gasteiger partial charge in [0.05, 0.1) is 72.9 Å². The first-order chi connectivity index (χ1) is 47.3. The molecule has 10 amide bonds. The Morgan fingerprint density at radius 3 is 0.825 bits per heavy atom. The molecular formula is C76H41N11O10. The Balaban J connectivity index is 0.000000118. The Morgan fingerprint density at radius 1 is 0.216 bits per heavy atom. The number of fused-ring (bicyclic) bond motifs is 5. The van der Waals surface area contributed by atoms with Crippen molar-refractivity contribution >= 4 is 120 Å². The monoisotopic (exact) mass is 1270 g/mol. The lowest BCUT2D eigenvalue weighted by Gasteiger charge is -2.32. The number of rotatable bonds is 7. The lowest BCUT2D eigenvalue weighted by Crippen LogP contribution is -2.43. The van der Waals surface area contributed by atoms with Gasteiger partial charge < -0.3 is 0 Å². The van der Waals surface area contributed by atoms with Gasteiger partial charge in [-0.15, -0.1) is 0 Å². The molecule has 0 spiro atoms. The van der Waals surface area contributed by atoms with E-state index in [1.807, 2.05) is 48.5 Å². The predicted molar refractivity (Wildman–Crippen MR) is 357 cm³/mol. The number of pyridine rings is 6. The van der Waals surface area contributed by atoms with Gasteiger partial charge in [0, 0.05) is 106 Å². The van der Waals surface area contributed by atoms with Crippen molar-refractivity contribution in [2.75, 3.05) is 24.5 Å². The molecule has 11 heterocycles. The molecule has 0 unspecified atom stereocenters. The van der Waals surface area contributed by atoms with Gasteiger partial charge in [-0.3, -0.25) is 77.8 Å². The molecule has 5 aliphatic heterocycles. The van der Waals surface area contributed by atoms with Crippen LogP contribution in [-0.4, -0.2) is 89.0 Å². The molecule has 5 aliphatic rings. The van der Waals surface area contributed by atoms with Crippen LogP contribution in [0.2, 0.25) is 0 Å². The van der Waals surface area contributed by atoms with E-state index in [0.29, 0.717) is 83.3 Å². The van der Waals surface area contributed by atoms with Crippen LogP contribution in [0.15, 0.2) is 250 Å². The highest BCUT2D eigenvalue weighted by Crippen LogP contribution is 2.43. The second-order valence-corrected chi connectivity index (χ2v) is 22.6. The van der Waals surface area contributed by atoms with Crippen molar-refractivity contribution in [1.82, 2.24) is 29.9 Å². The fraction of sp³-hybridized carbons (Fsp3) is 0. The largest absolute Gasteiger partial charge is 0.268 e. The second-order valence-electron chi connectivity index (χ2n) is 22.6. The van der Waals surface area contributed by atoms with E-state index >= 15 is 0 Å². The zero-order valence-corrected chi connectivity index (χ0v) is 50.2. The Bertz CT molecular complexity index is 5210. The maximum Gasteiger partial charge on any atom is 0.267 e. The van der Waals surface area contributed by atoms with E-state index < -0.39 is 35.4 Å². The summed E-state index contributed by atoms with van der Waals surface area (Å²) in [4.78, 5) is 161. The lowest BCUT2D eigenvalue weighted by atomic mass is 9.85. The van der Waals surface area contributed by atoms with Gasteiger partial charge in [0.2, 0.25) is 0 Å². The molecule has 460 valence electrons. The molecule has 0 saturated heterocycles. The highest BCUT2D eigenvalue weighted by atomic mass is 16.2. The summed E-state index contributed by atoms with van der Waals surface area (Å²) in [6.45, 7) is 0. The van der Waals surface area contributed by atoms with Gasteiger partial charge in [-0.25, -0.2) is 24.5 Å². The van der Waals surface area contributed by atoms with Crippen molar-refractivity contribution in [2.24, 2.45) is 0 Å². The molecule has 0 radical (unpaired) electrons. The van der Waals surface area contributed by atoms with Crippen LogP contribution in [0.3, 0.4) is 0 Å². The van der Waals surface area contributed by atoms with Gasteiger partial charge in [-0.1, -0.05) is 48.5 Å². The van der Waals surface area contributed by atoms with E-state index in [1.54, 1.807) is 152 Å². The Hall–Kier alpha value is -14.1. The van der Waals surface area contributed by atoms with Gasteiger partial charge in [0.25, 0.3) is 59.1 Å². The van der Waals surface area contributed by atoms with Crippen molar-refractivity contribution in [2.45, 2.75) is 0 Å². The number of aromatic nitrogens is 6. The van der Waals surface area contributed by atoms with E-state index in [1.165, 1.54) is 54.2 Å². The number of hydrogen-bond donors (Lipinski definition) is 0. The van der Waals surface area contributed by atoms with Crippen molar-refractivity contribution in [3.8, 4) is 22.3 Å². The fourth-order valence-electron chi connectivity index (χ4n) is 12.8. The molecule has 0 atom stereocenters. The summed E-state index contributed by atoms with van der Waals surface area (Å²) in [6.07, 6.45) is 15.5. The van der Waals surface area contributed by atoms with Gasteiger partial charge in [0.1, 0.15) is 0 Å². The van der Waals surface area contributed by atoms with E-state index in [9.17, 15) is 47.9 Å². The van der Waals surface area contributed by atoms with Crippen LogP contribution in [0, 0.1) is 0 Å². The molecule has 97 heavy (non-hydrogen) atoms. The summed E-state index contributed by atoms with van der Waals surface area (Å²) < 4.78 is 0. The number of amides is 10. The molecule has 0 N–H and O–H groups in total. The first-order valence-electron chi connectivity index (χ1n) is 30.1. The number of carbonyl (C=O) groups excluding carboxylic acids is 10. The zero-order chi connectivity index (χ0) is 66.3. The van der Waals surface area contributed by atoms with Crippen molar-refractivity contribution < 1.29 is 47.9 Å². The molecule has 7 aromatic carbocycles. The average molecular weight is 1270 g/mol. The molecule has 21 nitrogen and oxygen atoms in total.